The van der Waals surface area contributed by atoms with E-state index in [1.807, 2.05) is 6.20 Å². The van der Waals surface area contributed by atoms with Gasteiger partial charge in [0.25, 0.3) is 0 Å². The van der Waals surface area contributed by atoms with Crippen molar-refractivity contribution in [2.24, 2.45) is 0 Å². The summed E-state index contributed by atoms with van der Waals surface area (Å²) in [5.41, 5.74) is 3.63. The highest BCUT2D eigenvalue weighted by Crippen LogP contribution is 2.33. The number of aryl methyl sites for hydroxylation is 2. The summed E-state index contributed by atoms with van der Waals surface area (Å²) in [6.07, 6.45) is 7.15. The number of fused-ring (bicyclic) bond motifs is 3. The van der Waals surface area contributed by atoms with Gasteiger partial charge in [-0.25, -0.2) is 0 Å². The molecule has 3 heteroatoms. The molecule has 1 aromatic carbocycles. The molecule has 0 aliphatic heterocycles. The van der Waals surface area contributed by atoms with Crippen molar-refractivity contribution in [1.82, 2.24) is 9.55 Å². The summed E-state index contributed by atoms with van der Waals surface area (Å²) < 4.78 is 8.36. The Morgan fingerprint density at radius 1 is 1.08 bits per heavy atom. The first-order chi connectivity index (χ1) is 11.6. The lowest BCUT2D eigenvalue weighted by Crippen LogP contribution is -2.05. The highest BCUT2D eigenvalue weighted by molar-refractivity contribution is 6.09. The first kappa shape index (κ1) is 16.8. The normalized spacial score (nSPS) is 11.7. The maximum absolute atomic E-state index is 5.92. The topological polar surface area (TPSA) is 27.1 Å². The van der Waals surface area contributed by atoms with Crippen LogP contribution in [0.4, 0.5) is 0 Å². The number of aromatic nitrogens is 2. The highest BCUT2D eigenvalue weighted by atomic mass is 16.5. The van der Waals surface area contributed by atoms with E-state index in [0.717, 1.165) is 18.0 Å². The third kappa shape index (κ3) is 3.26. The van der Waals surface area contributed by atoms with Gasteiger partial charge < -0.3 is 9.30 Å². The van der Waals surface area contributed by atoms with Gasteiger partial charge in [0.15, 0.2) is 0 Å². The largest absolute Gasteiger partial charge is 0.491 e. The Kier molecular flexibility index (Phi) is 5.08. The number of unbranched alkanes of at least 4 members (excludes halogenated alkanes) is 3. The Balaban J connectivity index is 2.10. The van der Waals surface area contributed by atoms with Crippen molar-refractivity contribution in [3.63, 3.8) is 0 Å². The summed E-state index contributed by atoms with van der Waals surface area (Å²) in [5, 5.41) is 2.59. The number of benzene rings is 1. The monoisotopic (exact) mass is 324 g/mol. The Bertz CT molecular complexity index is 833. The molecular formula is C21H28N2O. The minimum Gasteiger partial charge on any atom is -0.491 e. The molecule has 0 amide bonds. The second-order valence-corrected chi connectivity index (χ2v) is 6.85. The Morgan fingerprint density at radius 2 is 1.92 bits per heavy atom. The minimum absolute atomic E-state index is 0.188. The number of pyridine rings is 1. The summed E-state index contributed by atoms with van der Waals surface area (Å²) >= 11 is 0. The second-order valence-electron chi connectivity index (χ2n) is 6.85. The molecule has 0 fully saturated rings. The molecule has 0 saturated heterocycles. The average molecular weight is 324 g/mol. The van der Waals surface area contributed by atoms with E-state index in [1.54, 1.807) is 0 Å². The minimum atomic E-state index is 0.188. The molecule has 24 heavy (non-hydrogen) atoms. The fourth-order valence-electron chi connectivity index (χ4n) is 3.47. The van der Waals surface area contributed by atoms with E-state index in [2.05, 4.69) is 61.5 Å². The maximum atomic E-state index is 5.92. The number of hydrogen-bond donors (Lipinski definition) is 0. The van der Waals surface area contributed by atoms with Crippen molar-refractivity contribution < 1.29 is 4.74 Å². The van der Waals surface area contributed by atoms with Crippen LogP contribution < -0.4 is 4.74 Å². The third-order valence-electron chi connectivity index (χ3n) is 4.53. The van der Waals surface area contributed by atoms with E-state index >= 15 is 0 Å². The molecule has 3 rings (SSSR count). The molecule has 0 bridgehead atoms. The van der Waals surface area contributed by atoms with E-state index in [4.69, 9.17) is 4.74 Å². The van der Waals surface area contributed by atoms with Crippen LogP contribution in [-0.2, 0) is 6.54 Å². The zero-order valence-corrected chi connectivity index (χ0v) is 15.3. The van der Waals surface area contributed by atoms with E-state index in [-0.39, 0.29) is 6.10 Å². The van der Waals surface area contributed by atoms with Gasteiger partial charge in [-0.15, -0.1) is 0 Å². The molecule has 0 radical (unpaired) electrons. The SMILES string of the molecule is CCCCCCn1c2cc(OC(C)C)ccc2c2ccnc(C)c21. The van der Waals surface area contributed by atoms with Crippen LogP contribution in [0.1, 0.15) is 52.1 Å². The first-order valence-electron chi connectivity index (χ1n) is 9.16. The smallest absolute Gasteiger partial charge is 0.121 e. The van der Waals surface area contributed by atoms with Crippen LogP contribution in [0.5, 0.6) is 5.75 Å². The van der Waals surface area contributed by atoms with Crippen LogP contribution in [-0.4, -0.2) is 15.7 Å². The number of hydrogen-bond acceptors (Lipinski definition) is 2. The van der Waals surface area contributed by atoms with Gasteiger partial charge in [-0.1, -0.05) is 26.2 Å². The van der Waals surface area contributed by atoms with Crippen molar-refractivity contribution in [2.75, 3.05) is 0 Å². The molecule has 0 aliphatic carbocycles. The van der Waals surface area contributed by atoms with Crippen LogP contribution in [0.3, 0.4) is 0 Å². The maximum Gasteiger partial charge on any atom is 0.121 e. The number of rotatable bonds is 7. The van der Waals surface area contributed by atoms with Crippen molar-refractivity contribution in [3.05, 3.63) is 36.2 Å². The molecule has 0 spiro atoms. The summed E-state index contributed by atoms with van der Waals surface area (Å²) in [4.78, 5) is 4.53. The number of nitrogens with zero attached hydrogens (tertiary/aromatic N) is 2. The second kappa shape index (κ2) is 7.25. The third-order valence-corrected chi connectivity index (χ3v) is 4.53. The lowest BCUT2D eigenvalue weighted by molar-refractivity contribution is 0.242. The molecule has 0 aliphatic rings. The predicted octanol–water partition coefficient (Wildman–Crippen LogP) is 5.87. The van der Waals surface area contributed by atoms with Gasteiger partial charge in [0.05, 0.1) is 22.8 Å². The lowest BCUT2D eigenvalue weighted by Gasteiger charge is -2.11. The van der Waals surface area contributed by atoms with E-state index in [1.165, 1.54) is 47.5 Å². The van der Waals surface area contributed by atoms with Crippen molar-refractivity contribution >= 4 is 21.8 Å². The summed E-state index contributed by atoms with van der Waals surface area (Å²) in [7, 11) is 0. The lowest BCUT2D eigenvalue weighted by atomic mass is 10.1. The van der Waals surface area contributed by atoms with Crippen molar-refractivity contribution in [3.8, 4) is 5.75 Å². The predicted molar refractivity (Wildman–Crippen MR) is 102 cm³/mol. The Labute approximate surface area is 144 Å². The van der Waals surface area contributed by atoms with Crippen molar-refractivity contribution in [1.29, 1.82) is 0 Å². The fourth-order valence-corrected chi connectivity index (χ4v) is 3.47. The van der Waals surface area contributed by atoms with Gasteiger partial charge in [-0.05, 0) is 45.4 Å². The van der Waals surface area contributed by atoms with Gasteiger partial charge in [0, 0.05) is 29.6 Å². The molecular weight excluding hydrogens is 296 g/mol. The van der Waals surface area contributed by atoms with Crippen LogP contribution in [0, 0.1) is 6.92 Å². The summed E-state index contributed by atoms with van der Waals surface area (Å²) in [5.74, 6) is 0.945. The molecule has 3 aromatic rings. The van der Waals surface area contributed by atoms with Crippen LogP contribution in [0.2, 0.25) is 0 Å². The molecule has 0 unspecified atom stereocenters. The zero-order valence-electron chi connectivity index (χ0n) is 15.3. The summed E-state index contributed by atoms with van der Waals surface area (Å²) in [6, 6.07) is 8.60. The zero-order chi connectivity index (χ0) is 17.1. The standard InChI is InChI=1S/C21H28N2O/c1-5-6-7-8-13-23-20-14-17(24-15(2)3)9-10-18(20)19-11-12-22-16(4)21(19)23/h9-12,14-15H,5-8,13H2,1-4H3. The molecule has 2 heterocycles. The van der Waals surface area contributed by atoms with Crippen molar-refractivity contribution in [2.45, 2.75) is 66.0 Å². The average Bonchev–Trinajstić information content (AvgIpc) is 2.86. The molecule has 0 saturated carbocycles. The van der Waals surface area contributed by atoms with Gasteiger partial charge in [-0.3, -0.25) is 4.98 Å². The van der Waals surface area contributed by atoms with Crippen LogP contribution >= 0.6 is 0 Å². The van der Waals surface area contributed by atoms with Crippen LogP contribution in [0.25, 0.3) is 21.8 Å². The van der Waals surface area contributed by atoms with Gasteiger partial charge >= 0.3 is 0 Å². The molecule has 0 atom stereocenters. The molecule has 3 nitrogen and oxygen atoms in total. The quantitative estimate of drug-likeness (QED) is 0.508. The molecule has 2 aromatic heterocycles. The van der Waals surface area contributed by atoms with Gasteiger partial charge in [-0.2, -0.15) is 0 Å². The van der Waals surface area contributed by atoms with Gasteiger partial charge in [0.2, 0.25) is 0 Å². The van der Waals surface area contributed by atoms with Crippen LogP contribution in [0.15, 0.2) is 30.5 Å². The Morgan fingerprint density at radius 3 is 2.67 bits per heavy atom. The van der Waals surface area contributed by atoms with E-state index in [9.17, 15) is 0 Å². The first-order valence-corrected chi connectivity index (χ1v) is 9.16. The summed E-state index contributed by atoms with van der Waals surface area (Å²) in [6.45, 7) is 9.54. The highest BCUT2D eigenvalue weighted by Gasteiger charge is 2.14. The van der Waals surface area contributed by atoms with E-state index < -0.39 is 0 Å². The fraction of sp³-hybridized carbons (Fsp3) is 0.476. The Hall–Kier alpha value is -2.03. The van der Waals surface area contributed by atoms with E-state index in [0.29, 0.717) is 0 Å². The molecule has 0 N–H and O–H groups in total. The van der Waals surface area contributed by atoms with Gasteiger partial charge in [0.1, 0.15) is 5.75 Å². The molecule has 128 valence electrons. The number of ether oxygens (including phenoxy) is 1.